The van der Waals surface area contributed by atoms with Crippen molar-refractivity contribution in [3.63, 3.8) is 0 Å². The zero-order valence-corrected chi connectivity index (χ0v) is 8.52. The topological polar surface area (TPSA) is 26.0 Å². The predicted octanol–water partition coefficient (Wildman–Crippen LogP) is 3.23. The second kappa shape index (κ2) is 4.05. The molecule has 0 bridgehead atoms. The molecule has 0 aliphatic carbocycles. The zero-order chi connectivity index (χ0) is 9.10. The molecule has 70 valence electrons. The normalized spacial score (nSPS) is 22.9. The summed E-state index contributed by atoms with van der Waals surface area (Å²) in [5, 5.41) is 0.692. The van der Waals surface area contributed by atoms with Gasteiger partial charge in [0.2, 0.25) is 0 Å². The molecule has 2 heteroatoms. The molecular formula is C11H15NS. The predicted molar refractivity (Wildman–Crippen MR) is 59.9 cm³/mol. The van der Waals surface area contributed by atoms with E-state index in [1.807, 2.05) is 6.07 Å². The van der Waals surface area contributed by atoms with Crippen molar-refractivity contribution >= 4 is 17.4 Å². The van der Waals surface area contributed by atoms with E-state index in [9.17, 15) is 0 Å². The summed E-state index contributed by atoms with van der Waals surface area (Å²) in [7, 11) is 0. The van der Waals surface area contributed by atoms with Gasteiger partial charge in [0.05, 0.1) is 0 Å². The largest absolute Gasteiger partial charge is 0.399 e. The molecule has 0 radical (unpaired) electrons. The number of hydrogen-bond acceptors (Lipinski definition) is 2. The molecule has 1 aromatic carbocycles. The molecule has 13 heavy (non-hydrogen) atoms. The van der Waals surface area contributed by atoms with Crippen LogP contribution in [-0.4, -0.2) is 5.75 Å². The van der Waals surface area contributed by atoms with E-state index in [0.29, 0.717) is 5.25 Å². The first-order valence-corrected chi connectivity index (χ1v) is 5.88. The van der Waals surface area contributed by atoms with E-state index in [4.69, 9.17) is 5.73 Å². The van der Waals surface area contributed by atoms with Crippen LogP contribution in [0.5, 0.6) is 0 Å². The SMILES string of the molecule is Nc1cccc(C2CCCCS2)c1. The highest BCUT2D eigenvalue weighted by Gasteiger charge is 2.15. The van der Waals surface area contributed by atoms with Crippen LogP contribution in [0.3, 0.4) is 0 Å². The highest BCUT2D eigenvalue weighted by atomic mass is 32.2. The Morgan fingerprint density at radius 2 is 2.23 bits per heavy atom. The molecule has 1 aliphatic heterocycles. The maximum absolute atomic E-state index is 5.76. The monoisotopic (exact) mass is 193 g/mol. The van der Waals surface area contributed by atoms with Crippen LogP contribution in [-0.2, 0) is 0 Å². The van der Waals surface area contributed by atoms with Crippen molar-refractivity contribution in [3.8, 4) is 0 Å². The quantitative estimate of drug-likeness (QED) is 0.693. The Labute approximate surface area is 83.7 Å². The zero-order valence-electron chi connectivity index (χ0n) is 7.70. The van der Waals surface area contributed by atoms with Gasteiger partial charge in [0.25, 0.3) is 0 Å². The summed E-state index contributed by atoms with van der Waals surface area (Å²) in [4.78, 5) is 0. The molecular weight excluding hydrogens is 178 g/mol. The summed E-state index contributed by atoms with van der Waals surface area (Å²) < 4.78 is 0. The summed E-state index contributed by atoms with van der Waals surface area (Å²) in [5.41, 5.74) is 8.06. The molecule has 0 amide bonds. The number of hydrogen-bond donors (Lipinski definition) is 1. The first-order chi connectivity index (χ1) is 6.36. The molecule has 2 rings (SSSR count). The first kappa shape index (κ1) is 8.95. The van der Waals surface area contributed by atoms with Crippen LogP contribution in [0.2, 0.25) is 0 Å². The second-order valence-corrected chi connectivity index (χ2v) is 4.84. The van der Waals surface area contributed by atoms with Crippen LogP contribution in [0.15, 0.2) is 24.3 Å². The van der Waals surface area contributed by atoms with Crippen molar-refractivity contribution in [2.45, 2.75) is 24.5 Å². The van der Waals surface area contributed by atoms with E-state index in [2.05, 4.69) is 30.0 Å². The van der Waals surface area contributed by atoms with Gasteiger partial charge in [-0.15, -0.1) is 0 Å². The van der Waals surface area contributed by atoms with Gasteiger partial charge in [-0.25, -0.2) is 0 Å². The molecule has 1 heterocycles. The standard InChI is InChI=1S/C11H15NS/c12-10-5-3-4-9(8-10)11-6-1-2-7-13-11/h3-5,8,11H,1-2,6-7,12H2. The molecule has 1 saturated heterocycles. The Morgan fingerprint density at radius 3 is 2.92 bits per heavy atom. The smallest absolute Gasteiger partial charge is 0.0317 e. The van der Waals surface area contributed by atoms with E-state index in [-0.39, 0.29) is 0 Å². The lowest BCUT2D eigenvalue weighted by Gasteiger charge is -2.21. The van der Waals surface area contributed by atoms with Gasteiger partial charge in [0.1, 0.15) is 0 Å². The maximum atomic E-state index is 5.76. The third-order valence-corrected chi connectivity index (χ3v) is 3.90. The van der Waals surface area contributed by atoms with Crippen LogP contribution >= 0.6 is 11.8 Å². The van der Waals surface area contributed by atoms with Crippen molar-refractivity contribution in [2.75, 3.05) is 11.5 Å². The highest BCUT2D eigenvalue weighted by Crippen LogP contribution is 2.38. The lowest BCUT2D eigenvalue weighted by Crippen LogP contribution is -2.02. The minimum absolute atomic E-state index is 0.692. The highest BCUT2D eigenvalue weighted by molar-refractivity contribution is 7.99. The molecule has 0 aromatic heterocycles. The molecule has 0 spiro atoms. The fourth-order valence-electron chi connectivity index (χ4n) is 1.76. The van der Waals surface area contributed by atoms with Crippen LogP contribution in [0, 0.1) is 0 Å². The van der Waals surface area contributed by atoms with Crippen LogP contribution in [0.1, 0.15) is 30.1 Å². The molecule has 1 unspecified atom stereocenters. The van der Waals surface area contributed by atoms with Gasteiger partial charge in [-0.05, 0) is 36.3 Å². The molecule has 1 nitrogen and oxygen atoms in total. The molecule has 1 aromatic rings. The Morgan fingerprint density at radius 1 is 1.31 bits per heavy atom. The van der Waals surface area contributed by atoms with Gasteiger partial charge in [-0.3, -0.25) is 0 Å². The summed E-state index contributed by atoms with van der Waals surface area (Å²) in [6, 6.07) is 8.32. The van der Waals surface area contributed by atoms with Crippen LogP contribution < -0.4 is 5.73 Å². The van der Waals surface area contributed by atoms with E-state index in [1.165, 1.54) is 30.6 Å². The van der Waals surface area contributed by atoms with Gasteiger partial charge >= 0.3 is 0 Å². The Kier molecular flexibility index (Phi) is 2.79. The van der Waals surface area contributed by atoms with Gasteiger partial charge in [0, 0.05) is 10.9 Å². The molecule has 2 N–H and O–H groups in total. The third-order valence-electron chi connectivity index (χ3n) is 2.46. The Balaban J connectivity index is 2.14. The molecule has 0 saturated carbocycles. The number of thioether (sulfide) groups is 1. The number of nitrogen functional groups attached to an aromatic ring is 1. The Hall–Kier alpha value is -0.630. The lowest BCUT2D eigenvalue weighted by atomic mass is 10.1. The number of rotatable bonds is 1. The van der Waals surface area contributed by atoms with Crippen molar-refractivity contribution < 1.29 is 0 Å². The van der Waals surface area contributed by atoms with Gasteiger partial charge in [0.15, 0.2) is 0 Å². The lowest BCUT2D eigenvalue weighted by molar-refractivity contribution is 0.686. The van der Waals surface area contributed by atoms with E-state index in [0.717, 1.165) is 5.69 Å². The summed E-state index contributed by atoms with van der Waals surface area (Å²) in [6.07, 6.45) is 4.06. The number of benzene rings is 1. The molecule has 1 fully saturated rings. The summed E-state index contributed by atoms with van der Waals surface area (Å²) >= 11 is 2.07. The Bertz CT molecular complexity index is 279. The first-order valence-electron chi connectivity index (χ1n) is 4.83. The van der Waals surface area contributed by atoms with Gasteiger partial charge in [-0.2, -0.15) is 11.8 Å². The minimum Gasteiger partial charge on any atom is -0.399 e. The van der Waals surface area contributed by atoms with E-state index < -0.39 is 0 Å². The van der Waals surface area contributed by atoms with Crippen LogP contribution in [0.4, 0.5) is 5.69 Å². The number of nitrogens with two attached hydrogens (primary N) is 1. The molecule has 1 atom stereocenters. The second-order valence-electron chi connectivity index (χ2n) is 3.53. The summed E-state index contributed by atoms with van der Waals surface area (Å²) in [6.45, 7) is 0. The van der Waals surface area contributed by atoms with Crippen molar-refractivity contribution in [3.05, 3.63) is 29.8 Å². The number of anilines is 1. The van der Waals surface area contributed by atoms with E-state index in [1.54, 1.807) is 0 Å². The summed E-state index contributed by atoms with van der Waals surface area (Å²) in [5.74, 6) is 1.31. The van der Waals surface area contributed by atoms with Gasteiger partial charge < -0.3 is 5.73 Å². The van der Waals surface area contributed by atoms with Crippen molar-refractivity contribution in [2.24, 2.45) is 0 Å². The average Bonchev–Trinajstić information content (AvgIpc) is 2.19. The fourth-order valence-corrected chi connectivity index (χ4v) is 3.09. The minimum atomic E-state index is 0.692. The van der Waals surface area contributed by atoms with E-state index >= 15 is 0 Å². The fraction of sp³-hybridized carbons (Fsp3) is 0.455. The van der Waals surface area contributed by atoms with Crippen LogP contribution in [0.25, 0.3) is 0 Å². The molecule has 1 aliphatic rings. The van der Waals surface area contributed by atoms with Crippen molar-refractivity contribution in [1.82, 2.24) is 0 Å². The maximum Gasteiger partial charge on any atom is 0.0317 e. The average molecular weight is 193 g/mol. The third kappa shape index (κ3) is 2.19. The van der Waals surface area contributed by atoms with Crippen molar-refractivity contribution in [1.29, 1.82) is 0 Å². The van der Waals surface area contributed by atoms with Gasteiger partial charge in [-0.1, -0.05) is 18.6 Å².